The minimum absolute atomic E-state index is 0.00527. The molecule has 1 aromatic heterocycles. The molecule has 2 amide bonds. The molecule has 2 fully saturated rings. The molecule has 11 nitrogen and oxygen atoms in total. The monoisotopic (exact) mass is 718 g/mol. The molecule has 0 bridgehead atoms. The lowest BCUT2D eigenvalue weighted by atomic mass is 10.1. The van der Waals surface area contributed by atoms with Crippen LogP contribution in [0, 0.1) is 0 Å². The highest BCUT2D eigenvalue weighted by molar-refractivity contribution is 7.22. The van der Waals surface area contributed by atoms with Crippen molar-refractivity contribution in [2.24, 2.45) is 0 Å². The van der Waals surface area contributed by atoms with Gasteiger partial charge in [-0.25, -0.2) is 19.2 Å². The summed E-state index contributed by atoms with van der Waals surface area (Å²) in [6.45, 7) is 15.2. The third-order valence-corrected chi connectivity index (χ3v) is 9.61. The van der Waals surface area contributed by atoms with Crippen LogP contribution in [0.2, 0.25) is 0 Å². The molecule has 5 rings (SSSR count). The zero-order valence-electron chi connectivity index (χ0n) is 30.1. The molecule has 2 aromatic carbocycles. The van der Waals surface area contributed by atoms with Gasteiger partial charge in [0.2, 0.25) is 0 Å². The van der Waals surface area contributed by atoms with Crippen molar-refractivity contribution in [2.45, 2.75) is 90.5 Å². The Bertz CT molecular complexity index is 1820. The van der Waals surface area contributed by atoms with Gasteiger partial charge in [-0.2, -0.15) is 0 Å². The normalized spacial score (nSPS) is 17.7. The van der Waals surface area contributed by atoms with Gasteiger partial charge < -0.3 is 18.9 Å². The molecule has 2 aliphatic rings. The number of esters is 2. The second kappa shape index (κ2) is 15.3. The van der Waals surface area contributed by atoms with Crippen molar-refractivity contribution >= 4 is 56.9 Å². The Morgan fingerprint density at radius 3 is 1.76 bits per heavy atom. The predicted molar refractivity (Wildman–Crippen MR) is 194 cm³/mol. The first-order chi connectivity index (χ1) is 24.0. The number of carbonyl (C=O) groups excluding carboxylic acids is 5. The minimum Gasteiger partial charge on any atom is -0.459 e. The Morgan fingerprint density at radius 1 is 0.725 bits per heavy atom. The Morgan fingerprint density at radius 2 is 1.24 bits per heavy atom. The molecule has 51 heavy (non-hydrogen) atoms. The molecule has 0 radical (unpaired) electrons. The fourth-order valence-corrected chi connectivity index (χ4v) is 7.08. The first-order valence-corrected chi connectivity index (χ1v) is 18.0. The quantitative estimate of drug-likeness (QED) is 0.124. The van der Waals surface area contributed by atoms with Gasteiger partial charge in [0, 0.05) is 28.2 Å². The molecule has 12 heteroatoms. The van der Waals surface area contributed by atoms with Crippen LogP contribution >= 0.6 is 11.3 Å². The zero-order chi connectivity index (χ0) is 37.1. The van der Waals surface area contributed by atoms with E-state index in [0.717, 1.165) is 26.1 Å². The number of rotatable bonds is 9. The number of carbonyl (C=O) groups is 5. The van der Waals surface area contributed by atoms with Gasteiger partial charge in [-0.3, -0.25) is 14.6 Å². The smallest absolute Gasteiger partial charge is 0.411 e. The van der Waals surface area contributed by atoms with Gasteiger partial charge in [0.25, 0.3) is 0 Å². The minimum atomic E-state index is -0.774. The van der Waals surface area contributed by atoms with Crippen LogP contribution in [0.4, 0.5) is 9.59 Å². The molecule has 272 valence electrons. The number of likely N-dealkylation sites (tertiary alicyclic amines) is 2. The molecule has 0 spiro atoms. The van der Waals surface area contributed by atoms with Crippen molar-refractivity contribution in [3.05, 3.63) is 66.2 Å². The van der Waals surface area contributed by atoms with Crippen LogP contribution in [0.25, 0.3) is 26.1 Å². The standard InChI is InChI=1S/C39H46N2O9S/c1-24(22-47-34(43)29-10-8-18-40(29)36(45)49-38(2,3)4)27-16-17-28-21-32(51-33(28)20-27)26-14-12-25(13-15-26)31(42)23-48-35(44)30-11-9-19-41(30)37(46)50-39(5,6)7/h12-17,20-21,29-30H,1,8-11,18-19,22-23H2,2-7H3/t29-,30-/m0/s1. The van der Waals surface area contributed by atoms with Crippen molar-refractivity contribution in [2.75, 3.05) is 26.3 Å². The molecule has 0 aliphatic carbocycles. The van der Waals surface area contributed by atoms with Gasteiger partial charge >= 0.3 is 24.1 Å². The topological polar surface area (TPSA) is 129 Å². The van der Waals surface area contributed by atoms with Gasteiger partial charge in [-0.1, -0.05) is 43.0 Å². The number of hydrogen-bond donors (Lipinski definition) is 0. The molecule has 2 saturated heterocycles. The van der Waals surface area contributed by atoms with Crippen molar-refractivity contribution in [3.8, 4) is 10.4 Å². The largest absolute Gasteiger partial charge is 0.459 e. The number of hydrogen-bond acceptors (Lipinski definition) is 10. The summed E-state index contributed by atoms with van der Waals surface area (Å²) in [7, 11) is 0. The van der Waals surface area contributed by atoms with E-state index in [-0.39, 0.29) is 12.4 Å². The highest BCUT2D eigenvalue weighted by atomic mass is 32.1. The average molecular weight is 719 g/mol. The van der Waals surface area contributed by atoms with Crippen molar-refractivity contribution in [1.82, 2.24) is 9.80 Å². The number of ketones is 1. The van der Waals surface area contributed by atoms with Crippen molar-refractivity contribution < 1.29 is 42.9 Å². The van der Waals surface area contributed by atoms with Crippen LogP contribution in [0.5, 0.6) is 0 Å². The highest BCUT2D eigenvalue weighted by Crippen LogP contribution is 2.35. The zero-order valence-corrected chi connectivity index (χ0v) is 30.9. The lowest BCUT2D eigenvalue weighted by molar-refractivity contribution is -0.148. The van der Waals surface area contributed by atoms with E-state index in [1.807, 2.05) is 30.3 Å². The number of thiophene rings is 1. The van der Waals surface area contributed by atoms with E-state index >= 15 is 0 Å². The van der Waals surface area contributed by atoms with Crippen LogP contribution in [0.1, 0.15) is 83.1 Å². The van der Waals surface area contributed by atoms with Crippen LogP contribution in [0.15, 0.2) is 55.1 Å². The molecule has 3 aromatic rings. The Labute approximate surface area is 302 Å². The molecule has 0 unspecified atom stereocenters. The number of benzene rings is 2. The van der Waals surface area contributed by atoms with Gasteiger partial charge in [-0.15, -0.1) is 11.3 Å². The van der Waals surface area contributed by atoms with E-state index in [2.05, 4.69) is 12.6 Å². The first-order valence-electron chi connectivity index (χ1n) is 17.2. The summed E-state index contributed by atoms with van der Waals surface area (Å²) in [6, 6.07) is 13.6. The maximum absolute atomic E-state index is 12.9. The molecule has 2 aliphatic heterocycles. The van der Waals surface area contributed by atoms with Crippen molar-refractivity contribution in [3.63, 3.8) is 0 Å². The highest BCUT2D eigenvalue weighted by Gasteiger charge is 2.39. The van der Waals surface area contributed by atoms with Gasteiger partial charge in [0.1, 0.15) is 29.9 Å². The van der Waals surface area contributed by atoms with E-state index in [1.54, 1.807) is 65.0 Å². The van der Waals surface area contributed by atoms with E-state index in [4.69, 9.17) is 18.9 Å². The first kappa shape index (κ1) is 37.5. The second-order valence-corrected chi connectivity index (χ2v) is 15.9. The van der Waals surface area contributed by atoms with Gasteiger partial charge in [0.05, 0.1) is 0 Å². The number of amides is 2. The van der Waals surface area contributed by atoms with Gasteiger partial charge in [0.15, 0.2) is 12.4 Å². The van der Waals surface area contributed by atoms with Crippen LogP contribution in [-0.2, 0) is 28.5 Å². The molecule has 0 saturated carbocycles. The van der Waals surface area contributed by atoms with E-state index in [9.17, 15) is 24.0 Å². The third-order valence-electron chi connectivity index (χ3n) is 8.46. The summed E-state index contributed by atoms with van der Waals surface area (Å²) in [6.07, 6.45) is 1.24. The average Bonchev–Trinajstić information content (AvgIpc) is 3.84. The number of fused-ring (bicyclic) bond motifs is 1. The van der Waals surface area contributed by atoms with Crippen molar-refractivity contribution in [1.29, 1.82) is 0 Å². The van der Waals surface area contributed by atoms with Crippen LogP contribution in [-0.4, -0.2) is 89.3 Å². The predicted octanol–water partition coefficient (Wildman–Crippen LogP) is 7.65. The molecule has 0 N–H and O–H groups in total. The number of nitrogens with zero attached hydrogens (tertiary/aromatic N) is 2. The van der Waals surface area contributed by atoms with E-state index in [0.29, 0.717) is 49.9 Å². The Hall–Kier alpha value is -4.71. The van der Waals surface area contributed by atoms with E-state index in [1.165, 1.54) is 9.80 Å². The fourth-order valence-electron chi connectivity index (χ4n) is 5.97. The molecule has 2 atom stereocenters. The molecular weight excluding hydrogens is 673 g/mol. The molecule has 3 heterocycles. The summed E-state index contributed by atoms with van der Waals surface area (Å²) < 4.78 is 22.8. The van der Waals surface area contributed by atoms with Gasteiger partial charge in [-0.05, 0) is 101 Å². The third kappa shape index (κ3) is 9.55. The summed E-state index contributed by atoms with van der Waals surface area (Å²) in [4.78, 5) is 67.5. The SMILES string of the molecule is C=C(COC(=O)[C@@H]1CCCN1C(=O)OC(C)(C)C)c1ccc2cc(-c3ccc(C(=O)COC(=O)[C@@H]4CCCN4C(=O)OC(C)(C)C)cc3)sc2c1. The Balaban J connectivity index is 1.15. The van der Waals surface area contributed by atoms with E-state index < -0.39 is 54.0 Å². The summed E-state index contributed by atoms with van der Waals surface area (Å²) in [5, 5.41) is 1.03. The number of ether oxygens (including phenoxy) is 4. The number of Topliss-reactive ketones (excluding diaryl/α,β-unsaturated/α-hetero) is 1. The second-order valence-electron chi connectivity index (χ2n) is 14.8. The summed E-state index contributed by atoms with van der Waals surface area (Å²) in [5.41, 5.74) is 1.45. The fraction of sp³-hybridized carbons (Fsp3) is 0.462. The summed E-state index contributed by atoms with van der Waals surface area (Å²) >= 11 is 1.58. The Kier molecular flexibility index (Phi) is 11.2. The maximum atomic E-state index is 12.9. The lowest BCUT2D eigenvalue weighted by Gasteiger charge is -2.27. The van der Waals surface area contributed by atoms with Crippen LogP contribution < -0.4 is 0 Å². The summed E-state index contributed by atoms with van der Waals surface area (Å²) in [5.74, 6) is -1.44. The maximum Gasteiger partial charge on any atom is 0.411 e. The van der Waals surface area contributed by atoms with Crippen LogP contribution in [0.3, 0.4) is 0 Å². The lowest BCUT2D eigenvalue weighted by Crippen LogP contribution is -2.44. The molecular formula is C39H46N2O9S.